The third-order valence-electron chi connectivity index (χ3n) is 3.07. The smallest absolute Gasteiger partial charge is 0.337 e. The minimum Gasteiger partial charge on any atom is -0.482 e. The Hall–Kier alpha value is -2.28. The maximum absolute atomic E-state index is 11.7. The molecule has 0 aromatic heterocycles. The van der Waals surface area contributed by atoms with Crippen molar-refractivity contribution in [2.24, 2.45) is 5.10 Å². The SMILES string of the molecule is COC(=O)c1ccc(/C=N/NC(=O)COc2cc(Cl)c(Cl)cc2Cl)cc1. The number of esters is 1. The molecule has 0 aliphatic rings. The third-order valence-corrected chi connectivity index (χ3v) is 4.09. The van der Waals surface area contributed by atoms with Crippen molar-refractivity contribution in [1.29, 1.82) is 0 Å². The van der Waals surface area contributed by atoms with Gasteiger partial charge in [-0.1, -0.05) is 46.9 Å². The molecule has 2 rings (SSSR count). The standard InChI is InChI=1S/C17H13Cl3N2O4/c1-25-17(24)11-4-2-10(3-5-11)8-21-22-16(23)9-26-15-7-13(19)12(18)6-14(15)20/h2-8H,9H2,1H3,(H,22,23)/b21-8+. The fourth-order valence-electron chi connectivity index (χ4n) is 1.79. The van der Waals surface area contributed by atoms with Crippen LogP contribution in [0.1, 0.15) is 15.9 Å². The lowest BCUT2D eigenvalue weighted by Gasteiger charge is -2.08. The number of carbonyl (C=O) groups excluding carboxylic acids is 2. The Morgan fingerprint density at radius 2 is 1.73 bits per heavy atom. The van der Waals surface area contributed by atoms with Crippen molar-refractivity contribution in [3.8, 4) is 5.75 Å². The van der Waals surface area contributed by atoms with E-state index in [1.165, 1.54) is 25.5 Å². The van der Waals surface area contributed by atoms with E-state index in [4.69, 9.17) is 39.5 Å². The summed E-state index contributed by atoms with van der Waals surface area (Å²) in [6.45, 7) is -0.309. The first-order chi connectivity index (χ1) is 12.4. The second-order valence-corrected chi connectivity index (χ2v) is 6.11. The van der Waals surface area contributed by atoms with Gasteiger partial charge in [0.25, 0.3) is 5.91 Å². The van der Waals surface area contributed by atoms with Gasteiger partial charge in [-0.15, -0.1) is 0 Å². The minimum absolute atomic E-state index is 0.235. The number of amides is 1. The van der Waals surface area contributed by atoms with Crippen LogP contribution < -0.4 is 10.2 Å². The summed E-state index contributed by atoms with van der Waals surface area (Å²) in [5.74, 6) is -0.687. The molecule has 0 spiro atoms. The average molecular weight is 416 g/mol. The second-order valence-electron chi connectivity index (χ2n) is 4.89. The van der Waals surface area contributed by atoms with Gasteiger partial charge in [-0.2, -0.15) is 5.10 Å². The molecule has 136 valence electrons. The second kappa shape index (κ2) is 9.43. The Labute approximate surface area is 164 Å². The fraction of sp³-hybridized carbons (Fsp3) is 0.118. The molecule has 0 aliphatic carbocycles. The molecule has 0 heterocycles. The number of halogens is 3. The molecule has 26 heavy (non-hydrogen) atoms. The Morgan fingerprint density at radius 3 is 2.38 bits per heavy atom. The highest BCUT2D eigenvalue weighted by atomic mass is 35.5. The molecule has 0 aliphatic heterocycles. The first kappa shape index (κ1) is 20.0. The van der Waals surface area contributed by atoms with Gasteiger partial charge in [-0.3, -0.25) is 4.79 Å². The number of nitrogens with one attached hydrogen (secondary N) is 1. The first-order valence-corrected chi connectivity index (χ1v) is 8.31. The molecule has 0 atom stereocenters. The van der Waals surface area contributed by atoms with Crippen molar-refractivity contribution in [3.05, 3.63) is 62.6 Å². The lowest BCUT2D eigenvalue weighted by molar-refractivity contribution is -0.123. The van der Waals surface area contributed by atoms with Crippen molar-refractivity contribution in [2.75, 3.05) is 13.7 Å². The van der Waals surface area contributed by atoms with Gasteiger partial charge in [0.1, 0.15) is 5.75 Å². The summed E-state index contributed by atoms with van der Waals surface area (Å²) in [6, 6.07) is 9.34. The fourth-order valence-corrected chi connectivity index (χ4v) is 2.38. The lowest BCUT2D eigenvalue weighted by atomic mass is 10.1. The van der Waals surface area contributed by atoms with E-state index in [9.17, 15) is 9.59 Å². The highest BCUT2D eigenvalue weighted by Crippen LogP contribution is 2.33. The number of hydrogen-bond donors (Lipinski definition) is 1. The highest BCUT2D eigenvalue weighted by Gasteiger charge is 2.09. The highest BCUT2D eigenvalue weighted by molar-refractivity contribution is 6.43. The maximum atomic E-state index is 11.7. The number of ether oxygens (including phenoxy) is 2. The zero-order valence-electron chi connectivity index (χ0n) is 13.5. The van der Waals surface area contributed by atoms with Gasteiger partial charge in [0.2, 0.25) is 0 Å². The molecule has 0 bridgehead atoms. The van der Waals surface area contributed by atoms with E-state index in [-0.39, 0.29) is 27.4 Å². The molecule has 1 N–H and O–H groups in total. The van der Waals surface area contributed by atoms with E-state index >= 15 is 0 Å². The number of hydrazone groups is 1. The molecular weight excluding hydrogens is 403 g/mol. The molecule has 6 nitrogen and oxygen atoms in total. The van der Waals surface area contributed by atoms with Crippen molar-refractivity contribution < 1.29 is 19.1 Å². The van der Waals surface area contributed by atoms with Crippen LogP contribution in [-0.4, -0.2) is 31.8 Å². The van der Waals surface area contributed by atoms with Gasteiger partial charge in [0.05, 0.1) is 34.0 Å². The zero-order chi connectivity index (χ0) is 19.1. The summed E-state index contributed by atoms with van der Waals surface area (Å²) in [5, 5.41) is 4.59. The maximum Gasteiger partial charge on any atom is 0.337 e. The molecule has 0 saturated heterocycles. The van der Waals surface area contributed by atoms with Crippen LogP contribution in [0, 0.1) is 0 Å². The summed E-state index contributed by atoms with van der Waals surface area (Å²) in [5.41, 5.74) is 3.41. The normalized spacial score (nSPS) is 10.6. The van der Waals surface area contributed by atoms with Gasteiger partial charge < -0.3 is 9.47 Å². The molecule has 9 heteroatoms. The van der Waals surface area contributed by atoms with E-state index in [0.717, 1.165) is 0 Å². The Balaban J connectivity index is 1.86. The number of benzene rings is 2. The van der Waals surface area contributed by atoms with Crippen LogP contribution in [0.5, 0.6) is 5.75 Å². The van der Waals surface area contributed by atoms with Crippen LogP contribution >= 0.6 is 34.8 Å². The summed E-state index contributed by atoms with van der Waals surface area (Å²) in [4.78, 5) is 23.1. The van der Waals surface area contributed by atoms with E-state index in [1.807, 2.05) is 0 Å². The topological polar surface area (TPSA) is 77.0 Å². The molecular formula is C17H13Cl3N2O4. The number of carbonyl (C=O) groups is 2. The van der Waals surface area contributed by atoms with Crippen molar-refractivity contribution >= 4 is 52.9 Å². The lowest BCUT2D eigenvalue weighted by Crippen LogP contribution is -2.24. The monoisotopic (exact) mass is 414 g/mol. The molecule has 2 aromatic rings. The molecule has 2 aromatic carbocycles. The molecule has 0 fully saturated rings. The van der Waals surface area contributed by atoms with Crippen LogP contribution in [0.15, 0.2) is 41.5 Å². The quantitative estimate of drug-likeness (QED) is 0.335. The molecule has 0 saturated carbocycles. The van der Waals surface area contributed by atoms with Gasteiger partial charge in [-0.05, 0) is 23.8 Å². The summed E-state index contributed by atoms with van der Waals surface area (Å²) >= 11 is 17.6. The van der Waals surface area contributed by atoms with E-state index < -0.39 is 11.9 Å². The summed E-state index contributed by atoms with van der Waals surface area (Å²) < 4.78 is 9.89. The molecule has 0 radical (unpaired) electrons. The van der Waals surface area contributed by atoms with Crippen molar-refractivity contribution in [1.82, 2.24) is 5.43 Å². The van der Waals surface area contributed by atoms with E-state index in [1.54, 1.807) is 24.3 Å². The minimum atomic E-state index is -0.491. The van der Waals surface area contributed by atoms with Crippen molar-refractivity contribution in [2.45, 2.75) is 0 Å². The van der Waals surface area contributed by atoms with Gasteiger partial charge in [0, 0.05) is 6.07 Å². The number of methoxy groups -OCH3 is 1. The summed E-state index contributed by atoms with van der Waals surface area (Å²) in [7, 11) is 1.31. The predicted octanol–water partition coefficient (Wildman–Crippen LogP) is 3.96. The Kier molecular flexibility index (Phi) is 7.26. The van der Waals surface area contributed by atoms with Crippen LogP contribution in [0.2, 0.25) is 15.1 Å². The van der Waals surface area contributed by atoms with Crippen molar-refractivity contribution in [3.63, 3.8) is 0 Å². The number of nitrogens with zero attached hydrogens (tertiary/aromatic N) is 1. The zero-order valence-corrected chi connectivity index (χ0v) is 15.7. The molecule has 1 amide bonds. The van der Waals surface area contributed by atoms with E-state index in [2.05, 4.69) is 15.3 Å². The first-order valence-electron chi connectivity index (χ1n) is 7.18. The predicted molar refractivity (Wildman–Crippen MR) is 100 cm³/mol. The average Bonchev–Trinajstić information content (AvgIpc) is 2.63. The largest absolute Gasteiger partial charge is 0.482 e. The van der Waals surface area contributed by atoms with E-state index in [0.29, 0.717) is 11.1 Å². The van der Waals surface area contributed by atoms with Crippen LogP contribution in [0.4, 0.5) is 0 Å². The van der Waals surface area contributed by atoms with Crippen LogP contribution in [-0.2, 0) is 9.53 Å². The van der Waals surface area contributed by atoms with Crippen LogP contribution in [0.3, 0.4) is 0 Å². The molecule has 0 unspecified atom stereocenters. The number of rotatable bonds is 6. The Bertz CT molecular complexity index is 839. The van der Waals surface area contributed by atoms with Gasteiger partial charge >= 0.3 is 5.97 Å². The number of hydrogen-bond acceptors (Lipinski definition) is 5. The van der Waals surface area contributed by atoms with Gasteiger partial charge in [-0.25, -0.2) is 10.2 Å². The summed E-state index contributed by atoms with van der Waals surface area (Å²) in [6.07, 6.45) is 1.42. The van der Waals surface area contributed by atoms with Crippen LogP contribution in [0.25, 0.3) is 0 Å². The van der Waals surface area contributed by atoms with Gasteiger partial charge in [0.15, 0.2) is 6.61 Å². The Morgan fingerprint density at radius 1 is 1.08 bits per heavy atom. The third kappa shape index (κ3) is 5.62.